The topological polar surface area (TPSA) is 32.8 Å². The standard InChI is InChI=1S/C15H30N2O2Si/c1-15(2,3)20(5,6)19-11-13-10-12-8-7-9-17(12)14(18)16(13)4/h12-13H,7-11H2,1-6H3/t12-,13-/m0/s1. The van der Waals surface area contributed by atoms with E-state index in [1.165, 1.54) is 0 Å². The van der Waals surface area contributed by atoms with E-state index >= 15 is 0 Å². The Labute approximate surface area is 124 Å². The Kier molecular flexibility index (Phi) is 4.22. The van der Waals surface area contributed by atoms with Gasteiger partial charge in [-0.05, 0) is 37.4 Å². The molecule has 0 aromatic heterocycles. The summed E-state index contributed by atoms with van der Waals surface area (Å²) < 4.78 is 6.33. The normalized spacial score (nSPS) is 28.0. The smallest absolute Gasteiger partial charge is 0.320 e. The van der Waals surface area contributed by atoms with Gasteiger partial charge in [-0.3, -0.25) is 0 Å². The van der Waals surface area contributed by atoms with Crippen molar-refractivity contribution in [2.24, 2.45) is 0 Å². The van der Waals surface area contributed by atoms with Crippen molar-refractivity contribution in [2.75, 3.05) is 20.2 Å². The average molecular weight is 299 g/mol. The molecular weight excluding hydrogens is 268 g/mol. The number of fused-ring (bicyclic) bond motifs is 1. The van der Waals surface area contributed by atoms with Gasteiger partial charge in [0, 0.05) is 19.6 Å². The van der Waals surface area contributed by atoms with Gasteiger partial charge in [0.25, 0.3) is 0 Å². The number of carbonyl (C=O) groups is 1. The second kappa shape index (κ2) is 5.33. The molecule has 0 unspecified atom stereocenters. The summed E-state index contributed by atoms with van der Waals surface area (Å²) in [7, 11) is 0.201. The summed E-state index contributed by atoms with van der Waals surface area (Å²) >= 11 is 0. The minimum absolute atomic E-state index is 0.197. The van der Waals surface area contributed by atoms with Crippen molar-refractivity contribution in [3.05, 3.63) is 0 Å². The van der Waals surface area contributed by atoms with Crippen molar-refractivity contribution in [2.45, 2.75) is 70.2 Å². The van der Waals surface area contributed by atoms with Crippen LogP contribution in [0.3, 0.4) is 0 Å². The van der Waals surface area contributed by atoms with Gasteiger partial charge in [0.1, 0.15) is 0 Å². The molecule has 116 valence electrons. The monoisotopic (exact) mass is 298 g/mol. The lowest BCUT2D eigenvalue weighted by atomic mass is 10.0. The van der Waals surface area contributed by atoms with Gasteiger partial charge < -0.3 is 14.2 Å². The van der Waals surface area contributed by atoms with Crippen LogP contribution in [0.4, 0.5) is 4.79 Å². The molecule has 20 heavy (non-hydrogen) atoms. The highest BCUT2D eigenvalue weighted by atomic mass is 28.4. The van der Waals surface area contributed by atoms with Crippen LogP contribution >= 0.6 is 0 Å². The number of hydrogen-bond donors (Lipinski definition) is 0. The first-order valence-electron chi connectivity index (χ1n) is 7.81. The number of rotatable bonds is 3. The minimum atomic E-state index is -1.73. The first-order chi connectivity index (χ1) is 9.13. The van der Waals surface area contributed by atoms with E-state index in [0.29, 0.717) is 12.6 Å². The second-order valence-corrected chi connectivity index (χ2v) is 12.7. The first kappa shape index (κ1) is 15.8. The van der Waals surface area contributed by atoms with Crippen LogP contribution in [0.1, 0.15) is 40.0 Å². The molecule has 5 heteroatoms. The molecule has 0 aromatic carbocycles. The van der Waals surface area contributed by atoms with E-state index in [2.05, 4.69) is 33.9 Å². The quantitative estimate of drug-likeness (QED) is 0.749. The molecule has 0 aromatic rings. The lowest BCUT2D eigenvalue weighted by Crippen LogP contribution is -2.57. The summed E-state index contributed by atoms with van der Waals surface area (Å²) in [5.41, 5.74) is 0. The van der Waals surface area contributed by atoms with Crippen LogP contribution in [0.5, 0.6) is 0 Å². The van der Waals surface area contributed by atoms with Gasteiger partial charge in [0.2, 0.25) is 0 Å². The van der Waals surface area contributed by atoms with E-state index in [4.69, 9.17) is 4.43 Å². The fourth-order valence-electron chi connectivity index (χ4n) is 2.86. The van der Waals surface area contributed by atoms with Crippen molar-refractivity contribution < 1.29 is 9.22 Å². The van der Waals surface area contributed by atoms with E-state index in [9.17, 15) is 4.79 Å². The van der Waals surface area contributed by atoms with Gasteiger partial charge in [0.05, 0.1) is 12.6 Å². The molecule has 0 saturated carbocycles. The summed E-state index contributed by atoms with van der Waals surface area (Å²) in [4.78, 5) is 16.3. The Balaban J connectivity index is 1.98. The van der Waals surface area contributed by atoms with Gasteiger partial charge in [-0.1, -0.05) is 20.8 Å². The summed E-state index contributed by atoms with van der Waals surface area (Å²) in [6, 6.07) is 0.894. The number of urea groups is 1. The van der Waals surface area contributed by atoms with Crippen LogP contribution in [0, 0.1) is 0 Å². The zero-order valence-electron chi connectivity index (χ0n) is 13.9. The van der Waals surface area contributed by atoms with E-state index in [-0.39, 0.29) is 17.1 Å². The van der Waals surface area contributed by atoms with Crippen LogP contribution in [0.15, 0.2) is 0 Å². The molecular formula is C15H30N2O2Si. The average Bonchev–Trinajstić information content (AvgIpc) is 2.79. The van der Waals surface area contributed by atoms with Gasteiger partial charge in [-0.25, -0.2) is 4.79 Å². The molecule has 2 fully saturated rings. The predicted molar refractivity (Wildman–Crippen MR) is 84.4 cm³/mol. The Morgan fingerprint density at radius 3 is 2.60 bits per heavy atom. The van der Waals surface area contributed by atoms with E-state index in [1.807, 2.05) is 16.8 Å². The van der Waals surface area contributed by atoms with E-state index in [0.717, 1.165) is 25.8 Å². The fraction of sp³-hybridized carbons (Fsp3) is 0.933. The number of carbonyl (C=O) groups excluding carboxylic acids is 1. The van der Waals surface area contributed by atoms with Crippen molar-refractivity contribution >= 4 is 14.3 Å². The number of hydrogen-bond acceptors (Lipinski definition) is 2. The zero-order chi connectivity index (χ0) is 15.1. The highest BCUT2D eigenvalue weighted by Crippen LogP contribution is 2.37. The van der Waals surface area contributed by atoms with Crippen LogP contribution in [-0.4, -0.2) is 56.4 Å². The van der Waals surface area contributed by atoms with Crippen molar-refractivity contribution in [3.63, 3.8) is 0 Å². The Morgan fingerprint density at radius 1 is 1.35 bits per heavy atom. The van der Waals surface area contributed by atoms with Crippen LogP contribution in [0.25, 0.3) is 0 Å². The molecule has 2 heterocycles. The van der Waals surface area contributed by atoms with Crippen LogP contribution in [-0.2, 0) is 4.43 Å². The Bertz CT molecular complexity index is 379. The Morgan fingerprint density at radius 2 is 2.00 bits per heavy atom. The van der Waals surface area contributed by atoms with Gasteiger partial charge in [-0.2, -0.15) is 0 Å². The molecule has 2 aliphatic rings. The molecule has 2 aliphatic heterocycles. The maximum absolute atomic E-state index is 12.3. The van der Waals surface area contributed by atoms with Gasteiger partial charge in [-0.15, -0.1) is 0 Å². The summed E-state index contributed by atoms with van der Waals surface area (Å²) in [5.74, 6) is 0. The maximum atomic E-state index is 12.3. The SMILES string of the molecule is CN1C(=O)N2CCC[C@H]2C[C@H]1CO[Si](C)(C)C(C)(C)C. The van der Waals surface area contributed by atoms with Gasteiger partial charge in [0.15, 0.2) is 8.32 Å². The molecule has 2 atom stereocenters. The predicted octanol–water partition coefficient (Wildman–Crippen LogP) is 3.30. The molecule has 0 N–H and O–H groups in total. The third-order valence-electron chi connectivity index (χ3n) is 5.46. The van der Waals surface area contributed by atoms with Crippen LogP contribution in [0.2, 0.25) is 18.1 Å². The fourth-order valence-corrected chi connectivity index (χ4v) is 3.91. The molecule has 2 amide bonds. The van der Waals surface area contributed by atoms with E-state index in [1.54, 1.807) is 0 Å². The third-order valence-corrected chi connectivity index (χ3v) is 9.96. The first-order valence-corrected chi connectivity index (χ1v) is 10.7. The second-order valence-electron chi connectivity index (χ2n) is 7.84. The molecule has 0 aliphatic carbocycles. The molecule has 0 spiro atoms. The molecule has 2 rings (SSSR count). The zero-order valence-corrected chi connectivity index (χ0v) is 14.9. The maximum Gasteiger partial charge on any atom is 0.320 e. The summed E-state index contributed by atoms with van der Waals surface area (Å²) in [6.45, 7) is 13.0. The molecule has 0 bridgehead atoms. The minimum Gasteiger partial charge on any atom is -0.415 e. The van der Waals surface area contributed by atoms with Crippen molar-refractivity contribution in [3.8, 4) is 0 Å². The summed E-state index contributed by atoms with van der Waals surface area (Å²) in [6.07, 6.45) is 3.38. The lowest BCUT2D eigenvalue weighted by molar-refractivity contribution is 0.0730. The number of amides is 2. The Hall–Kier alpha value is -0.553. The van der Waals surface area contributed by atoms with Gasteiger partial charge >= 0.3 is 6.03 Å². The van der Waals surface area contributed by atoms with Crippen molar-refractivity contribution in [1.82, 2.24) is 9.80 Å². The highest BCUT2D eigenvalue weighted by molar-refractivity contribution is 6.74. The largest absolute Gasteiger partial charge is 0.415 e. The number of nitrogens with zero attached hydrogens (tertiary/aromatic N) is 2. The highest BCUT2D eigenvalue weighted by Gasteiger charge is 2.42. The van der Waals surface area contributed by atoms with Crippen LogP contribution < -0.4 is 0 Å². The summed E-state index contributed by atoms with van der Waals surface area (Å²) in [5, 5.41) is 0.226. The lowest BCUT2D eigenvalue weighted by Gasteiger charge is -2.44. The van der Waals surface area contributed by atoms with E-state index < -0.39 is 8.32 Å². The molecule has 0 radical (unpaired) electrons. The number of likely N-dealkylation sites (N-methyl/N-ethyl adjacent to an activating group) is 1. The molecule has 4 nitrogen and oxygen atoms in total. The third kappa shape index (κ3) is 2.88. The van der Waals surface area contributed by atoms with Crippen molar-refractivity contribution in [1.29, 1.82) is 0 Å². The molecule has 2 saturated heterocycles.